The summed E-state index contributed by atoms with van der Waals surface area (Å²) >= 11 is 2.18. The Bertz CT molecular complexity index is 887. The van der Waals surface area contributed by atoms with Gasteiger partial charge in [-0.05, 0) is 92.8 Å². The minimum absolute atomic E-state index is 0.00550. The summed E-state index contributed by atoms with van der Waals surface area (Å²) in [5, 5.41) is 22.2. The highest BCUT2D eigenvalue weighted by Gasteiger charge is 2.33. The molecule has 2 heterocycles. The number of likely N-dealkylation sites (tertiary alicyclic amines) is 1. The number of methoxy groups -OCH3 is 1. The van der Waals surface area contributed by atoms with Gasteiger partial charge in [0.2, 0.25) is 0 Å². The number of aliphatic hydroxyl groups is 2. The van der Waals surface area contributed by atoms with E-state index in [0.717, 1.165) is 78.2 Å². The first-order valence-electron chi connectivity index (χ1n) is 12.7. The highest BCUT2D eigenvalue weighted by atomic mass is 32.2. The summed E-state index contributed by atoms with van der Waals surface area (Å²) in [5.41, 5.74) is 3.03. The molecule has 5 nitrogen and oxygen atoms in total. The third-order valence-corrected chi connectivity index (χ3v) is 9.26. The van der Waals surface area contributed by atoms with E-state index in [1.54, 1.807) is 13.3 Å². The van der Waals surface area contributed by atoms with Crippen LogP contribution >= 0.6 is 11.8 Å². The Balaban J connectivity index is 1.31. The first-order valence-corrected chi connectivity index (χ1v) is 13.7. The van der Waals surface area contributed by atoms with Crippen LogP contribution in [0.1, 0.15) is 62.5 Å². The standard InChI is InChI=1S/C27H40N2O3S/c1-32-22-8-9-26-25(17-22)24(21(19-30)18-28-26)7-4-10-27(20-31)11-13-29(14-12-27)15-16-33-23-5-2-3-6-23/h8-9,17-18,23,30-31H,2-7,10-16,19-20H2,1H3. The van der Waals surface area contributed by atoms with Crippen molar-refractivity contribution in [2.24, 2.45) is 5.41 Å². The van der Waals surface area contributed by atoms with E-state index in [1.807, 2.05) is 18.2 Å². The van der Waals surface area contributed by atoms with Crippen LogP contribution in [0.4, 0.5) is 0 Å². The predicted molar refractivity (Wildman–Crippen MR) is 137 cm³/mol. The quantitative estimate of drug-likeness (QED) is 0.489. The lowest BCUT2D eigenvalue weighted by Gasteiger charge is -2.41. The Hall–Kier alpha value is -1.34. The van der Waals surface area contributed by atoms with Crippen LogP contribution in [0, 0.1) is 5.41 Å². The summed E-state index contributed by atoms with van der Waals surface area (Å²) in [4.78, 5) is 7.11. The maximum absolute atomic E-state index is 10.3. The predicted octanol–water partition coefficient (Wildman–Crippen LogP) is 4.81. The molecule has 2 N–H and O–H groups in total. The van der Waals surface area contributed by atoms with Gasteiger partial charge in [0, 0.05) is 35.7 Å². The van der Waals surface area contributed by atoms with Gasteiger partial charge in [0.15, 0.2) is 0 Å². The number of piperidine rings is 1. The molecular weight excluding hydrogens is 432 g/mol. The second-order valence-electron chi connectivity index (χ2n) is 9.93. The number of aromatic nitrogens is 1. The van der Waals surface area contributed by atoms with Crippen LogP contribution in [0.3, 0.4) is 0 Å². The largest absolute Gasteiger partial charge is 0.497 e. The maximum Gasteiger partial charge on any atom is 0.119 e. The number of hydrogen-bond donors (Lipinski definition) is 2. The van der Waals surface area contributed by atoms with Crippen molar-refractivity contribution in [2.45, 2.75) is 69.6 Å². The molecule has 182 valence electrons. The smallest absolute Gasteiger partial charge is 0.119 e. The second-order valence-corrected chi connectivity index (χ2v) is 11.3. The number of ether oxygens (including phenoxy) is 1. The minimum Gasteiger partial charge on any atom is -0.497 e. The SMILES string of the molecule is COc1ccc2ncc(CO)c(CCCC3(CO)CCN(CCSC4CCCC4)CC3)c2c1. The second kappa shape index (κ2) is 11.9. The van der Waals surface area contributed by atoms with Crippen LogP contribution < -0.4 is 4.74 Å². The molecule has 0 amide bonds. The van der Waals surface area contributed by atoms with Crippen molar-refractivity contribution in [3.63, 3.8) is 0 Å². The normalized spacial score (nSPS) is 19.4. The van der Waals surface area contributed by atoms with Gasteiger partial charge >= 0.3 is 0 Å². The van der Waals surface area contributed by atoms with E-state index < -0.39 is 0 Å². The zero-order valence-electron chi connectivity index (χ0n) is 20.1. The number of nitrogens with zero attached hydrogens (tertiary/aromatic N) is 2. The molecule has 1 saturated carbocycles. The zero-order chi connectivity index (χ0) is 23.1. The summed E-state index contributed by atoms with van der Waals surface area (Å²) < 4.78 is 5.42. The van der Waals surface area contributed by atoms with E-state index in [1.165, 1.54) is 38.0 Å². The third-order valence-electron chi connectivity index (χ3n) is 7.90. The molecule has 4 rings (SSSR count). The number of pyridine rings is 1. The van der Waals surface area contributed by atoms with Gasteiger partial charge in [0.1, 0.15) is 5.75 Å². The van der Waals surface area contributed by atoms with E-state index in [2.05, 4.69) is 21.6 Å². The Labute approximate surface area is 202 Å². The third kappa shape index (κ3) is 6.21. The van der Waals surface area contributed by atoms with Gasteiger partial charge in [-0.15, -0.1) is 0 Å². The van der Waals surface area contributed by atoms with Gasteiger partial charge in [-0.1, -0.05) is 12.8 Å². The van der Waals surface area contributed by atoms with Crippen LogP contribution in [0.15, 0.2) is 24.4 Å². The molecule has 0 unspecified atom stereocenters. The van der Waals surface area contributed by atoms with E-state index >= 15 is 0 Å². The lowest BCUT2D eigenvalue weighted by atomic mass is 9.75. The van der Waals surface area contributed by atoms with E-state index in [4.69, 9.17) is 4.74 Å². The molecule has 2 fully saturated rings. The number of hydrogen-bond acceptors (Lipinski definition) is 6. The lowest BCUT2D eigenvalue weighted by molar-refractivity contribution is 0.0378. The molecule has 0 radical (unpaired) electrons. The van der Waals surface area contributed by atoms with E-state index in [0.29, 0.717) is 0 Å². The first-order chi connectivity index (χ1) is 16.2. The fourth-order valence-corrected chi connectivity index (χ4v) is 6.97. The summed E-state index contributed by atoms with van der Waals surface area (Å²) in [5.74, 6) is 2.06. The van der Waals surface area contributed by atoms with E-state index in [9.17, 15) is 10.2 Å². The van der Waals surface area contributed by atoms with E-state index in [-0.39, 0.29) is 18.6 Å². The van der Waals surface area contributed by atoms with Gasteiger partial charge < -0.3 is 19.8 Å². The highest BCUT2D eigenvalue weighted by Crippen LogP contribution is 2.37. The molecule has 1 aromatic heterocycles. The number of benzene rings is 1. The first kappa shape index (κ1) is 24.8. The zero-order valence-corrected chi connectivity index (χ0v) is 20.9. The molecule has 0 atom stereocenters. The Morgan fingerprint density at radius 3 is 2.67 bits per heavy atom. The number of thioether (sulfide) groups is 1. The number of rotatable bonds is 11. The molecule has 6 heteroatoms. The molecule has 33 heavy (non-hydrogen) atoms. The van der Waals surface area contributed by atoms with Crippen LogP contribution in [0.5, 0.6) is 5.75 Å². The molecule has 2 aromatic rings. The number of aryl methyl sites for hydroxylation is 1. The minimum atomic E-state index is -0.00550. The van der Waals surface area contributed by atoms with Crippen molar-refractivity contribution in [3.05, 3.63) is 35.5 Å². The van der Waals surface area contributed by atoms with Crippen LogP contribution in [-0.4, -0.2) is 64.5 Å². The van der Waals surface area contributed by atoms with Gasteiger partial charge in [-0.3, -0.25) is 4.98 Å². The molecule has 0 bridgehead atoms. The molecule has 1 aliphatic heterocycles. The molecule has 2 aliphatic rings. The Morgan fingerprint density at radius 2 is 1.97 bits per heavy atom. The van der Waals surface area contributed by atoms with Crippen molar-refractivity contribution in [1.82, 2.24) is 9.88 Å². The summed E-state index contributed by atoms with van der Waals surface area (Å²) in [6, 6.07) is 5.94. The van der Waals surface area contributed by atoms with Gasteiger partial charge in [-0.25, -0.2) is 0 Å². The number of aliphatic hydroxyl groups excluding tert-OH is 2. The number of fused-ring (bicyclic) bond motifs is 1. The fraction of sp³-hybridized carbons (Fsp3) is 0.667. The topological polar surface area (TPSA) is 65.8 Å². The van der Waals surface area contributed by atoms with Crippen LogP contribution in [0.25, 0.3) is 10.9 Å². The summed E-state index contributed by atoms with van der Waals surface area (Å²) in [6.07, 6.45) is 12.5. The van der Waals surface area contributed by atoms with Gasteiger partial charge in [0.25, 0.3) is 0 Å². The maximum atomic E-state index is 10.3. The lowest BCUT2D eigenvalue weighted by Crippen LogP contribution is -2.43. The fourth-order valence-electron chi connectivity index (χ4n) is 5.61. The average Bonchev–Trinajstić information content (AvgIpc) is 3.38. The summed E-state index contributed by atoms with van der Waals surface area (Å²) in [6.45, 7) is 3.66. The van der Waals surface area contributed by atoms with Crippen molar-refractivity contribution in [1.29, 1.82) is 0 Å². The highest BCUT2D eigenvalue weighted by molar-refractivity contribution is 7.99. The van der Waals surface area contributed by atoms with Gasteiger partial charge in [-0.2, -0.15) is 11.8 Å². The van der Waals surface area contributed by atoms with Crippen LogP contribution in [0.2, 0.25) is 0 Å². The van der Waals surface area contributed by atoms with Gasteiger partial charge in [0.05, 0.1) is 19.2 Å². The monoisotopic (exact) mass is 472 g/mol. The summed E-state index contributed by atoms with van der Waals surface area (Å²) in [7, 11) is 1.68. The van der Waals surface area contributed by atoms with Crippen molar-refractivity contribution in [3.8, 4) is 5.75 Å². The molecular formula is C27H40N2O3S. The Morgan fingerprint density at radius 1 is 1.18 bits per heavy atom. The molecule has 1 saturated heterocycles. The Kier molecular flexibility index (Phi) is 8.91. The van der Waals surface area contributed by atoms with Crippen LogP contribution in [-0.2, 0) is 13.0 Å². The van der Waals surface area contributed by atoms with Crippen molar-refractivity contribution >= 4 is 22.7 Å². The van der Waals surface area contributed by atoms with Crippen molar-refractivity contribution < 1.29 is 14.9 Å². The average molecular weight is 473 g/mol. The molecule has 1 aromatic carbocycles. The molecule has 1 aliphatic carbocycles. The van der Waals surface area contributed by atoms with Crippen molar-refractivity contribution in [2.75, 3.05) is 39.1 Å². The molecule has 0 spiro atoms.